The summed E-state index contributed by atoms with van der Waals surface area (Å²) in [5.41, 5.74) is 3.74. The molecule has 5 heteroatoms. The van der Waals surface area contributed by atoms with Gasteiger partial charge in [-0.25, -0.2) is 4.98 Å². The summed E-state index contributed by atoms with van der Waals surface area (Å²) in [6.45, 7) is 7.17. The summed E-state index contributed by atoms with van der Waals surface area (Å²) in [7, 11) is 0. The molecule has 0 fully saturated rings. The number of rotatable bonds is 4. The average molecular weight is 368 g/mol. The van der Waals surface area contributed by atoms with Gasteiger partial charge in [0.1, 0.15) is 10.7 Å². The Morgan fingerprint density at radius 2 is 2.12 bits per heavy atom. The molecule has 0 unspecified atom stereocenters. The van der Waals surface area contributed by atoms with Crippen molar-refractivity contribution >= 4 is 21.6 Å². The van der Waals surface area contributed by atoms with E-state index in [1.165, 1.54) is 21.6 Å². The maximum absolute atomic E-state index is 12.7. The molecule has 3 aromatic rings. The van der Waals surface area contributed by atoms with Crippen LogP contribution in [0, 0.1) is 12.8 Å². The number of nitrogens with one attached hydrogen (secondary N) is 2. The molecule has 0 amide bonds. The SMILES string of the molecule is Cc1ccc(CN[C@H](C)c2nc3sc4c(c3c(=O)[nH]2)CC[C@H](C)C4)cc1. The van der Waals surface area contributed by atoms with Gasteiger partial charge in [-0.3, -0.25) is 4.79 Å². The number of nitrogens with zero attached hydrogens (tertiary/aromatic N) is 1. The van der Waals surface area contributed by atoms with Gasteiger partial charge in [0, 0.05) is 11.4 Å². The highest BCUT2D eigenvalue weighted by atomic mass is 32.1. The van der Waals surface area contributed by atoms with Crippen molar-refractivity contribution < 1.29 is 0 Å². The quantitative estimate of drug-likeness (QED) is 0.724. The Hall–Kier alpha value is -1.98. The second-order valence-corrected chi connectivity index (χ2v) is 8.65. The molecule has 2 atom stereocenters. The molecule has 0 saturated heterocycles. The van der Waals surface area contributed by atoms with E-state index in [2.05, 4.69) is 48.4 Å². The third-order valence-electron chi connectivity index (χ3n) is 5.33. The van der Waals surface area contributed by atoms with Gasteiger partial charge in [-0.2, -0.15) is 0 Å². The maximum atomic E-state index is 12.7. The molecular weight excluding hydrogens is 342 g/mol. The number of fused-ring (bicyclic) bond motifs is 3. The summed E-state index contributed by atoms with van der Waals surface area (Å²) in [6.07, 6.45) is 3.24. The van der Waals surface area contributed by atoms with E-state index in [1.807, 2.05) is 6.92 Å². The van der Waals surface area contributed by atoms with Gasteiger partial charge in [-0.1, -0.05) is 36.8 Å². The number of aryl methyl sites for hydroxylation is 2. The highest BCUT2D eigenvalue weighted by Crippen LogP contribution is 2.35. The predicted octanol–water partition coefficient (Wildman–Crippen LogP) is 4.27. The van der Waals surface area contributed by atoms with Gasteiger partial charge in [-0.15, -0.1) is 11.3 Å². The maximum Gasteiger partial charge on any atom is 0.259 e. The van der Waals surface area contributed by atoms with Crippen molar-refractivity contribution in [2.75, 3.05) is 0 Å². The highest BCUT2D eigenvalue weighted by molar-refractivity contribution is 7.18. The van der Waals surface area contributed by atoms with Gasteiger partial charge in [0.05, 0.1) is 11.4 Å². The largest absolute Gasteiger partial charge is 0.309 e. The van der Waals surface area contributed by atoms with Gasteiger partial charge >= 0.3 is 0 Å². The molecule has 1 aliphatic carbocycles. The Kier molecular flexibility index (Phi) is 4.67. The van der Waals surface area contributed by atoms with Crippen LogP contribution in [0.15, 0.2) is 29.1 Å². The van der Waals surface area contributed by atoms with Crippen molar-refractivity contribution in [2.45, 2.75) is 52.6 Å². The molecule has 0 bridgehead atoms. The molecule has 26 heavy (non-hydrogen) atoms. The third-order valence-corrected chi connectivity index (χ3v) is 6.48. The number of benzene rings is 1. The van der Waals surface area contributed by atoms with E-state index in [4.69, 9.17) is 4.98 Å². The molecule has 4 rings (SSSR count). The van der Waals surface area contributed by atoms with Crippen molar-refractivity contribution in [1.82, 2.24) is 15.3 Å². The van der Waals surface area contributed by atoms with Crippen LogP contribution < -0.4 is 10.9 Å². The molecule has 1 aliphatic rings. The van der Waals surface area contributed by atoms with Crippen molar-refractivity contribution in [3.63, 3.8) is 0 Å². The summed E-state index contributed by atoms with van der Waals surface area (Å²) < 4.78 is 0. The number of aromatic amines is 1. The molecular formula is C21H25N3OS. The number of hydrogen-bond donors (Lipinski definition) is 2. The Balaban J connectivity index is 1.58. The fraction of sp³-hybridized carbons (Fsp3) is 0.429. The van der Waals surface area contributed by atoms with Crippen LogP contribution in [0.1, 0.15) is 53.7 Å². The summed E-state index contributed by atoms with van der Waals surface area (Å²) >= 11 is 1.71. The van der Waals surface area contributed by atoms with Crippen molar-refractivity contribution in [2.24, 2.45) is 5.92 Å². The lowest BCUT2D eigenvalue weighted by atomic mass is 9.89. The fourth-order valence-corrected chi connectivity index (χ4v) is 5.03. The zero-order chi connectivity index (χ0) is 18.3. The minimum absolute atomic E-state index is 0.00791. The van der Waals surface area contributed by atoms with Gasteiger partial charge in [0.15, 0.2) is 0 Å². The number of thiophene rings is 1. The predicted molar refractivity (Wildman–Crippen MR) is 108 cm³/mol. The first kappa shape index (κ1) is 17.4. The smallest absolute Gasteiger partial charge is 0.259 e. The first-order valence-corrected chi connectivity index (χ1v) is 10.2. The zero-order valence-electron chi connectivity index (χ0n) is 15.6. The zero-order valence-corrected chi connectivity index (χ0v) is 16.4. The first-order chi connectivity index (χ1) is 12.5. The summed E-state index contributed by atoms with van der Waals surface area (Å²) in [5.74, 6) is 1.42. The summed E-state index contributed by atoms with van der Waals surface area (Å²) in [4.78, 5) is 22.8. The van der Waals surface area contributed by atoms with Crippen LogP contribution in [0.4, 0.5) is 0 Å². The standard InChI is InChI=1S/C21H25N3OS/c1-12-4-7-15(8-5-12)11-22-14(3)19-23-20(25)18-16-9-6-13(2)10-17(16)26-21(18)24-19/h4-5,7-8,13-14,22H,6,9-11H2,1-3H3,(H,23,24,25)/t13-,14+/m0/s1. The van der Waals surface area contributed by atoms with Crippen LogP contribution in [-0.2, 0) is 19.4 Å². The first-order valence-electron chi connectivity index (χ1n) is 9.34. The number of aromatic nitrogens is 2. The van der Waals surface area contributed by atoms with E-state index in [-0.39, 0.29) is 11.6 Å². The normalized spacial score (nSPS) is 18.0. The average Bonchev–Trinajstić information content (AvgIpc) is 2.98. The molecule has 136 valence electrons. The second-order valence-electron chi connectivity index (χ2n) is 7.57. The van der Waals surface area contributed by atoms with Crippen LogP contribution in [0.25, 0.3) is 10.2 Å². The van der Waals surface area contributed by atoms with Crippen LogP contribution in [-0.4, -0.2) is 9.97 Å². The monoisotopic (exact) mass is 367 g/mol. The van der Waals surface area contributed by atoms with Crippen LogP contribution >= 0.6 is 11.3 Å². The minimum atomic E-state index is -0.00791. The van der Waals surface area contributed by atoms with E-state index < -0.39 is 0 Å². The minimum Gasteiger partial charge on any atom is -0.309 e. The molecule has 0 spiro atoms. The third kappa shape index (κ3) is 3.33. The Morgan fingerprint density at radius 3 is 2.88 bits per heavy atom. The van der Waals surface area contributed by atoms with E-state index in [0.29, 0.717) is 5.92 Å². The van der Waals surface area contributed by atoms with E-state index in [9.17, 15) is 4.79 Å². The highest BCUT2D eigenvalue weighted by Gasteiger charge is 2.23. The Bertz CT molecular complexity index is 987. The van der Waals surface area contributed by atoms with Crippen LogP contribution in [0.5, 0.6) is 0 Å². The van der Waals surface area contributed by atoms with Crippen molar-refractivity contribution in [1.29, 1.82) is 0 Å². The number of hydrogen-bond acceptors (Lipinski definition) is 4. The van der Waals surface area contributed by atoms with E-state index in [1.54, 1.807) is 11.3 Å². The van der Waals surface area contributed by atoms with Crippen LogP contribution in [0.2, 0.25) is 0 Å². The number of H-pyrrole nitrogens is 1. The molecule has 0 aliphatic heterocycles. The Labute approximate surface area is 157 Å². The molecule has 1 aromatic carbocycles. The lowest BCUT2D eigenvalue weighted by Crippen LogP contribution is -2.23. The van der Waals surface area contributed by atoms with Crippen molar-refractivity contribution in [3.8, 4) is 0 Å². The summed E-state index contributed by atoms with van der Waals surface area (Å²) in [5, 5.41) is 4.29. The Morgan fingerprint density at radius 1 is 1.35 bits per heavy atom. The molecule has 2 heterocycles. The molecule has 0 saturated carbocycles. The molecule has 2 N–H and O–H groups in total. The van der Waals surface area contributed by atoms with Crippen molar-refractivity contribution in [3.05, 3.63) is 62.0 Å². The van der Waals surface area contributed by atoms with Gasteiger partial charge in [0.2, 0.25) is 0 Å². The topological polar surface area (TPSA) is 57.8 Å². The van der Waals surface area contributed by atoms with Gasteiger partial charge in [0.25, 0.3) is 5.56 Å². The lowest BCUT2D eigenvalue weighted by molar-refractivity contribution is 0.509. The second kappa shape index (κ2) is 6.97. The van der Waals surface area contributed by atoms with E-state index >= 15 is 0 Å². The van der Waals surface area contributed by atoms with Crippen LogP contribution in [0.3, 0.4) is 0 Å². The lowest BCUT2D eigenvalue weighted by Gasteiger charge is -2.17. The molecule has 0 radical (unpaired) electrons. The molecule has 2 aromatic heterocycles. The summed E-state index contributed by atoms with van der Waals surface area (Å²) in [6, 6.07) is 8.48. The van der Waals surface area contributed by atoms with Gasteiger partial charge < -0.3 is 10.3 Å². The molecule has 4 nitrogen and oxygen atoms in total. The van der Waals surface area contributed by atoms with Gasteiger partial charge in [-0.05, 0) is 50.2 Å². The fourth-order valence-electron chi connectivity index (χ4n) is 3.64. The van der Waals surface area contributed by atoms with E-state index in [0.717, 1.165) is 41.8 Å².